The van der Waals surface area contributed by atoms with Crippen LogP contribution in [0.3, 0.4) is 0 Å². The van der Waals surface area contributed by atoms with Gasteiger partial charge in [0.2, 0.25) is 0 Å². The molecule has 0 bridgehead atoms. The second-order valence-corrected chi connectivity index (χ2v) is 7.16. The highest BCUT2D eigenvalue weighted by atomic mass is 32.1. The molecule has 1 aliphatic heterocycles. The average molecular weight is 290 g/mol. The van der Waals surface area contributed by atoms with Crippen LogP contribution in [-0.4, -0.2) is 27.9 Å². The second kappa shape index (κ2) is 4.45. The molecule has 1 saturated heterocycles. The van der Waals surface area contributed by atoms with Gasteiger partial charge in [-0.1, -0.05) is 0 Å². The van der Waals surface area contributed by atoms with Crippen molar-refractivity contribution in [1.29, 1.82) is 0 Å². The summed E-state index contributed by atoms with van der Waals surface area (Å²) in [5.41, 5.74) is 1.51. The molecule has 1 aliphatic rings. The maximum atomic E-state index is 6.07. The molecule has 0 aliphatic carbocycles. The van der Waals surface area contributed by atoms with E-state index in [1.165, 1.54) is 0 Å². The summed E-state index contributed by atoms with van der Waals surface area (Å²) in [5.74, 6) is 0. The fourth-order valence-corrected chi connectivity index (χ4v) is 2.97. The number of hydrogen-bond acceptors (Lipinski definition) is 4. The first-order valence-electron chi connectivity index (χ1n) is 6.73. The zero-order valence-electron chi connectivity index (χ0n) is 12.5. The van der Waals surface area contributed by atoms with Gasteiger partial charge in [-0.15, -0.1) is 0 Å². The van der Waals surface area contributed by atoms with Crippen molar-refractivity contribution >= 4 is 23.2 Å². The maximum absolute atomic E-state index is 6.07. The number of aromatic nitrogens is 2. The van der Waals surface area contributed by atoms with Gasteiger partial charge < -0.3 is 13.9 Å². The van der Waals surface area contributed by atoms with Gasteiger partial charge in [0.25, 0.3) is 0 Å². The molecule has 0 radical (unpaired) electrons. The van der Waals surface area contributed by atoms with E-state index < -0.39 is 0 Å². The van der Waals surface area contributed by atoms with Crippen molar-refractivity contribution in [2.75, 3.05) is 0 Å². The molecule has 0 aromatic carbocycles. The molecule has 0 saturated carbocycles. The lowest BCUT2D eigenvalue weighted by atomic mass is 9.88. The van der Waals surface area contributed by atoms with Gasteiger partial charge >= 0.3 is 7.12 Å². The summed E-state index contributed by atoms with van der Waals surface area (Å²) >= 11 is 1.65. The monoisotopic (exact) mass is 290 g/mol. The topological polar surface area (TPSA) is 36.3 Å². The van der Waals surface area contributed by atoms with Crippen molar-refractivity contribution in [3.63, 3.8) is 0 Å². The van der Waals surface area contributed by atoms with Crippen LogP contribution in [0.1, 0.15) is 33.4 Å². The number of thiophene rings is 1. The van der Waals surface area contributed by atoms with Crippen LogP contribution in [0, 0.1) is 6.92 Å². The first kappa shape index (κ1) is 13.9. The highest BCUT2D eigenvalue weighted by Crippen LogP contribution is 2.37. The molecule has 0 N–H and O–H groups in total. The molecule has 1 fully saturated rings. The van der Waals surface area contributed by atoms with E-state index in [1.807, 2.05) is 24.0 Å². The summed E-state index contributed by atoms with van der Waals surface area (Å²) in [6.07, 6.45) is 3.83. The Hall–Kier alpha value is -1.11. The lowest BCUT2D eigenvalue weighted by Crippen LogP contribution is -2.41. The highest BCUT2D eigenvalue weighted by molar-refractivity contribution is 7.21. The quantitative estimate of drug-likeness (QED) is 0.797. The lowest BCUT2D eigenvalue weighted by Gasteiger charge is -2.32. The average Bonchev–Trinajstić information content (AvgIpc) is 2.98. The highest BCUT2D eigenvalue weighted by Gasteiger charge is 2.52. The first-order chi connectivity index (χ1) is 9.28. The summed E-state index contributed by atoms with van der Waals surface area (Å²) in [6, 6.07) is 2.11. The summed E-state index contributed by atoms with van der Waals surface area (Å²) in [6.45, 7) is 10.3. The number of rotatable bonds is 2. The Morgan fingerprint density at radius 3 is 2.40 bits per heavy atom. The molecule has 4 nitrogen and oxygen atoms in total. The zero-order valence-corrected chi connectivity index (χ0v) is 13.3. The number of nitrogens with zero attached hydrogens (tertiary/aromatic N) is 2. The maximum Gasteiger partial charge on any atom is 0.505 e. The molecular weight excluding hydrogens is 271 g/mol. The fraction of sp³-hybridized carbons (Fsp3) is 0.500. The summed E-state index contributed by atoms with van der Waals surface area (Å²) in [7, 11) is -0.289. The van der Waals surface area contributed by atoms with E-state index in [9.17, 15) is 0 Å². The molecule has 20 heavy (non-hydrogen) atoms. The minimum absolute atomic E-state index is 0.289. The van der Waals surface area contributed by atoms with Crippen LogP contribution in [0.15, 0.2) is 24.0 Å². The number of hydrogen-bond donors (Lipinski definition) is 0. The Bertz CT molecular complexity index is 617. The summed E-state index contributed by atoms with van der Waals surface area (Å²) < 4.78 is 15.2. The predicted octanol–water partition coefficient (Wildman–Crippen LogP) is 2.54. The van der Waals surface area contributed by atoms with Crippen molar-refractivity contribution in [3.05, 3.63) is 29.7 Å². The molecule has 0 spiro atoms. The molecule has 3 heterocycles. The van der Waals surface area contributed by atoms with Crippen molar-refractivity contribution < 1.29 is 9.31 Å². The SMILES string of the molecule is Cc1cn(-c2csc(B3OC(C)(C)C(C)(C)O3)c2)cn1. The molecule has 0 unspecified atom stereocenters. The van der Waals surface area contributed by atoms with E-state index in [1.54, 1.807) is 11.3 Å². The van der Waals surface area contributed by atoms with Crippen LogP contribution in [-0.2, 0) is 9.31 Å². The van der Waals surface area contributed by atoms with Gasteiger partial charge in [0.1, 0.15) is 0 Å². The molecule has 6 heteroatoms. The summed E-state index contributed by atoms with van der Waals surface area (Å²) in [4.78, 5) is 4.25. The second-order valence-electron chi connectivity index (χ2n) is 6.22. The van der Waals surface area contributed by atoms with E-state index in [4.69, 9.17) is 9.31 Å². The Kier molecular flexibility index (Phi) is 3.08. The van der Waals surface area contributed by atoms with Crippen LogP contribution >= 0.6 is 11.3 Å². The predicted molar refractivity (Wildman–Crippen MR) is 81.9 cm³/mol. The zero-order chi connectivity index (χ0) is 14.5. The van der Waals surface area contributed by atoms with Gasteiger partial charge in [-0.3, -0.25) is 0 Å². The van der Waals surface area contributed by atoms with Gasteiger partial charge in [-0.25, -0.2) is 4.98 Å². The van der Waals surface area contributed by atoms with Crippen molar-refractivity contribution in [2.45, 2.75) is 45.8 Å². The van der Waals surface area contributed by atoms with Crippen LogP contribution in [0.4, 0.5) is 0 Å². The van der Waals surface area contributed by atoms with E-state index in [2.05, 4.69) is 44.1 Å². The fourth-order valence-electron chi connectivity index (χ4n) is 2.12. The molecule has 2 aromatic heterocycles. The molecule has 2 aromatic rings. The van der Waals surface area contributed by atoms with Crippen molar-refractivity contribution in [3.8, 4) is 5.69 Å². The van der Waals surface area contributed by atoms with Gasteiger partial charge in [0.15, 0.2) is 0 Å². The van der Waals surface area contributed by atoms with E-state index >= 15 is 0 Å². The third kappa shape index (κ3) is 2.22. The standard InChI is InChI=1S/C14H19BN2O2S/c1-10-7-17(9-16-10)11-6-12(20-8-11)15-18-13(2,3)14(4,5)19-15/h6-9H,1-5H3. The molecule has 106 valence electrons. The normalized spacial score (nSPS) is 20.6. The van der Waals surface area contributed by atoms with Crippen LogP contribution in [0.2, 0.25) is 0 Å². The molecule has 3 rings (SSSR count). The largest absolute Gasteiger partial charge is 0.505 e. The third-order valence-corrected chi connectivity index (χ3v) is 5.04. The van der Waals surface area contributed by atoms with Crippen LogP contribution < -0.4 is 4.78 Å². The Morgan fingerprint density at radius 1 is 1.20 bits per heavy atom. The van der Waals surface area contributed by atoms with E-state index in [0.29, 0.717) is 0 Å². The number of imidazole rings is 1. The van der Waals surface area contributed by atoms with Crippen LogP contribution in [0.5, 0.6) is 0 Å². The van der Waals surface area contributed by atoms with Crippen LogP contribution in [0.25, 0.3) is 5.69 Å². The molecule has 0 atom stereocenters. The minimum Gasteiger partial charge on any atom is -0.399 e. The molecule has 0 amide bonds. The third-order valence-electron chi connectivity index (χ3n) is 4.10. The van der Waals surface area contributed by atoms with Gasteiger partial charge in [-0.05, 0) is 40.7 Å². The lowest BCUT2D eigenvalue weighted by molar-refractivity contribution is 0.00578. The minimum atomic E-state index is -0.298. The Balaban J connectivity index is 1.85. The van der Waals surface area contributed by atoms with Crippen molar-refractivity contribution in [1.82, 2.24) is 9.55 Å². The Morgan fingerprint density at radius 2 is 1.85 bits per heavy atom. The van der Waals surface area contributed by atoms with E-state index in [0.717, 1.165) is 16.2 Å². The van der Waals surface area contributed by atoms with E-state index in [-0.39, 0.29) is 18.3 Å². The smallest absolute Gasteiger partial charge is 0.399 e. The number of aryl methyl sites for hydroxylation is 1. The molecular formula is C14H19BN2O2S. The van der Waals surface area contributed by atoms with Gasteiger partial charge in [0.05, 0.1) is 28.9 Å². The first-order valence-corrected chi connectivity index (χ1v) is 7.61. The van der Waals surface area contributed by atoms with Gasteiger partial charge in [0, 0.05) is 16.4 Å². The Labute approximate surface area is 123 Å². The van der Waals surface area contributed by atoms with Gasteiger partial charge in [-0.2, -0.15) is 11.3 Å². The van der Waals surface area contributed by atoms with Crippen molar-refractivity contribution in [2.24, 2.45) is 0 Å². The summed E-state index contributed by atoms with van der Waals surface area (Å²) in [5, 5.41) is 2.10.